The molecule has 0 spiro atoms. The normalized spacial score (nSPS) is 34.7. The van der Waals surface area contributed by atoms with Gasteiger partial charge in [-0.15, -0.1) is 0 Å². The lowest BCUT2D eigenvalue weighted by Gasteiger charge is -2.02. The minimum atomic E-state index is 0.443. The van der Waals surface area contributed by atoms with Crippen molar-refractivity contribution >= 4 is 5.78 Å². The number of carbonyl (C=O) groups excluding carboxylic acids is 1. The van der Waals surface area contributed by atoms with Gasteiger partial charge in [0.1, 0.15) is 5.78 Å². The molecule has 2 fully saturated rings. The van der Waals surface area contributed by atoms with Gasteiger partial charge in [-0.3, -0.25) is 4.79 Å². The van der Waals surface area contributed by atoms with Crippen LogP contribution < -0.4 is 0 Å². The van der Waals surface area contributed by atoms with E-state index in [1.54, 1.807) is 0 Å². The van der Waals surface area contributed by atoms with Gasteiger partial charge < -0.3 is 4.74 Å². The van der Waals surface area contributed by atoms with E-state index in [0.717, 1.165) is 19.3 Å². The molecule has 3 atom stereocenters. The summed E-state index contributed by atoms with van der Waals surface area (Å²) in [6.07, 6.45) is 10.1. The molecule has 0 aromatic rings. The fourth-order valence-electron chi connectivity index (χ4n) is 2.70. The lowest BCUT2D eigenvalue weighted by molar-refractivity contribution is -0.117. The molecule has 1 aliphatic carbocycles. The van der Waals surface area contributed by atoms with Crippen LogP contribution in [0.4, 0.5) is 0 Å². The highest BCUT2D eigenvalue weighted by atomic mass is 16.6. The number of carbonyl (C=O) groups is 1. The van der Waals surface area contributed by atoms with Crippen LogP contribution >= 0.6 is 0 Å². The Morgan fingerprint density at radius 2 is 2.20 bits per heavy atom. The lowest BCUT2D eigenvalue weighted by Crippen LogP contribution is -2.07. The predicted molar refractivity (Wildman–Crippen MR) is 59.8 cm³/mol. The van der Waals surface area contributed by atoms with Gasteiger partial charge in [0.25, 0.3) is 0 Å². The standard InChI is InChI=1S/C13H22O2/c1-2-3-4-5-6-12-13(15-12)10-7-8-11(14)9-10/h10,12-13H,2-9H2,1H3. The molecule has 1 saturated heterocycles. The zero-order chi connectivity index (χ0) is 10.7. The third kappa shape index (κ3) is 3.04. The summed E-state index contributed by atoms with van der Waals surface area (Å²) >= 11 is 0. The Hall–Kier alpha value is -0.370. The molecule has 2 nitrogen and oxygen atoms in total. The van der Waals surface area contributed by atoms with Crippen molar-refractivity contribution in [3.63, 3.8) is 0 Å². The molecule has 0 bridgehead atoms. The van der Waals surface area contributed by atoms with Gasteiger partial charge in [0.15, 0.2) is 0 Å². The van der Waals surface area contributed by atoms with Gasteiger partial charge in [-0.1, -0.05) is 32.6 Å². The van der Waals surface area contributed by atoms with E-state index in [1.165, 1.54) is 32.1 Å². The van der Waals surface area contributed by atoms with Crippen LogP contribution in [0.1, 0.15) is 58.3 Å². The van der Waals surface area contributed by atoms with Crippen molar-refractivity contribution in [1.82, 2.24) is 0 Å². The summed E-state index contributed by atoms with van der Waals surface area (Å²) in [6, 6.07) is 0. The number of epoxide rings is 1. The van der Waals surface area contributed by atoms with Crippen molar-refractivity contribution < 1.29 is 9.53 Å². The SMILES string of the molecule is CCCCCCC1OC1C1CCC(=O)C1. The van der Waals surface area contributed by atoms with Crippen molar-refractivity contribution in [2.75, 3.05) is 0 Å². The zero-order valence-corrected chi connectivity index (χ0v) is 9.71. The molecule has 2 heteroatoms. The maximum Gasteiger partial charge on any atom is 0.133 e. The summed E-state index contributed by atoms with van der Waals surface area (Å²) in [5, 5.41) is 0. The number of ether oxygens (including phenoxy) is 1. The molecule has 1 aliphatic heterocycles. The second-order valence-electron chi connectivity index (χ2n) is 5.03. The molecule has 0 radical (unpaired) electrons. The summed E-state index contributed by atoms with van der Waals surface area (Å²) in [5.74, 6) is 1.01. The predicted octanol–water partition coefficient (Wildman–Crippen LogP) is 3.09. The van der Waals surface area contributed by atoms with Crippen molar-refractivity contribution in [2.45, 2.75) is 70.5 Å². The molecule has 0 aromatic heterocycles. The summed E-state index contributed by atoms with van der Waals surface area (Å²) in [6.45, 7) is 2.24. The third-order valence-electron chi connectivity index (χ3n) is 3.71. The molecule has 3 unspecified atom stereocenters. The molecule has 1 heterocycles. The zero-order valence-electron chi connectivity index (χ0n) is 9.71. The summed E-state index contributed by atoms with van der Waals surface area (Å²) < 4.78 is 5.68. The monoisotopic (exact) mass is 210 g/mol. The molecular weight excluding hydrogens is 188 g/mol. The van der Waals surface area contributed by atoms with Crippen LogP contribution in [-0.4, -0.2) is 18.0 Å². The summed E-state index contributed by atoms with van der Waals surface area (Å²) in [7, 11) is 0. The minimum Gasteiger partial charge on any atom is -0.369 e. The average Bonchev–Trinajstić information content (AvgIpc) is 2.88. The molecule has 2 rings (SSSR count). The van der Waals surface area contributed by atoms with Gasteiger partial charge in [0, 0.05) is 12.8 Å². The van der Waals surface area contributed by atoms with E-state index in [0.29, 0.717) is 23.9 Å². The quantitative estimate of drug-likeness (QED) is 0.498. The Kier molecular flexibility index (Phi) is 3.79. The van der Waals surface area contributed by atoms with Gasteiger partial charge in [0.2, 0.25) is 0 Å². The first kappa shape index (κ1) is 11.1. The molecule has 1 saturated carbocycles. The van der Waals surface area contributed by atoms with Gasteiger partial charge in [-0.25, -0.2) is 0 Å². The molecular formula is C13H22O2. The van der Waals surface area contributed by atoms with Crippen LogP contribution in [0.15, 0.2) is 0 Å². The van der Waals surface area contributed by atoms with Crippen molar-refractivity contribution in [3.05, 3.63) is 0 Å². The number of ketones is 1. The Labute approximate surface area is 92.4 Å². The smallest absolute Gasteiger partial charge is 0.133 e. The van der Waals surface area contributed by atoms with Gasteiger partial charge in [0.05, 0.1) is 12.2 Å². The highest BCUT2D eigenvalue weighted by Crippen LogP contribution is 2.40. The molecule has 2 aliphatic rings. The highest BCUT2D eigenvalue weighted by Gasteiger charge is 2.46. The third-order valence-corrected chi connectivity index (χ3v) is 3.71. The van der Waals surface area contributed by atoms with Crippen LogP contribution in [-0.2, 0) is 9.53 Å². The number of hydrogen-bond donors (Lipinski definition) is 0. The number of hydrogen-bond acceptors (Lipinski definition) is 2. The number of Topliss-reactive ketones (excluding diaryl/α,β-unsaturated/α-hetero) is 1. The molecule has 0 amide bonds. The Morgan fingerprint density at radius 3 is 2.87 bits per heavy atom. The second kappa shape index (κ2) is 5.11. The van der Waals surface area contributed by atoms with E-state index in [2.05, 4.69) is 6.92 Å². The summed E-state index contributed by atoms with van der Waals surface area (Å²) in [5.41, 5.74) is 0. The van der Waals surface area contributed by atoms with E-state index in [9.17, 15) is 4.79 Å². The van der Waals surface area contributed by atoms with E-state index >= 15 is 0 Å². The number of rotatable bonds is 6. The summed E-state index contributed by atoms with van der Waals surface area (Å²) in [4.78, 5) is 11.1. The number of unbranched alkanes of at least 4 members (excludes halogenated alkanes) is 3. The van der Waals surface area contributed by atoms with Crippen LogP contribution in [0.5, 0.6) is 0 Å². The molecule has 15 heavy (non-hydrogen) atoms. The topological polar surface area (TPSA) is 29.6 Å². The van der Waals surface area contributed by atoms with Crippen LogP contribution in [0.2, 0.25) is 0 Å². The van der Waals surface area contributed by atoms with E-state index in [1.807, 2.05) is 0 Å². The van der Waals surface area contributed by atoms with Crippen molar-refractivity contribution in [2.24, 2.45) is 5.92 Å². The Bertz CT molecular complexity index is 225. The lowest BCUT2D eigenvalue weighted by atomic mass is 9.99. The van der Waals surface area contributed by atoms with Gasteiger partial charge in [-0.05, 0) is 18.8 Å². The van der Waals surface area contributed by atoms with E-state index in [4.69, 9.17) is 4.74 Å². The second-order valence-corrected chi connectivity index (χ2v) is 5.03. The van der Waals surface area contributed by atoms with Crippen molar-refractivity contribution in [1.29, 1.82) is 0 Å². The molecule has 0 N–H and O–H groups in total. The van der Waals surface area contributed by atoms with Crippen LogP contribution in [0, 0.1) is 5.92 Å². The van der Waals surface area contributed by atoms with E-state index < -0.39 is 0 Å². The molecule has 0 aromatic carbocycles. The van der Waals surface area contributed by atoms with Gasteiger partial charge >= 0.3 is 0 Å². The van der Waals surface area contributed by atoms with Crippen molar-refractivity contribution in [3.8, 4) is 0 Å². The Balaban J connectivity index is 1.57. The first-order valence-electron chi connectivity index (χ1n) is 6.48. The maximum atomic E-state index is 11.1. The average molecular weight is 210 g/mol. The largest absolute Gasteiger partial charge is 0.369 e. The van der Waals surface area contributed by atoms with Gasteiger partial charge in [-0.2, -0.15) is 0 Å². The Morgan fingerprint density at radius 1 is 1.33 bits per heavy atom. The first-order valence-corrected chi connectivity index (χ1v) is 6.48. The van der Waals surface area contributed by atoms with Crippen LogP contribution in [0.3, 0.4) is 0 Å². The fraction of sp³-hybridized carbons (Fsp3) is 0.923. The first-order chi connectivity index (χ1) is 7.31. The van der Waals surface area contributed by atoms with Crippen LogP contribution in [0.25, 0.3) is 0 Å². The molecule has 86 valence electrons. The fourth-order valence-corrected chi connectivity index (χ4v) is 2.70. The highest BCUT2D eigenvalue weighted by molar-refractivity contribution is 5.80. The van der Waals surface area contributed by atoms with E-state index in [-0.39, 0.29) is 0 Å². The minimum absolute atomic E-state index is 0.443. The maximum absolute atomic E-state index is 11.1.